The highest BCUT2D eigenvalue weighted by Gasteiger charge is 2.15. The Bertz CT molecular complexity index is 1400. The first-order valence-electron chi connectivity index (χ1n) is 10.8. The fourth-order valence-corrected chi connectivity index (χ4v) is 3.46. The Morgan fingerprint density at radius 2 is 1.76 bits per heavy atom. The van der Waals surface area contributed by atoms with Gasteiger partial charge >= 0.3 is 0 Å². The molecule has 1 heterocycles. The van der Waals surface area contributed by atoms with Crippen molar-refractivity contribution in [2.45, 2.75) is 20.1 Å². The monoisotopic (exact) mass is 456 g/mol. The Morgan fingerprint density at radius 3 is 2.50 bits per heavy atom. The number of nitrogens with one attached hydrogen (secondary N) is 1. The van der Waals surface area contributed by atoms with Crippen molar-refractivity contribution in [2.75, 3.05) is 7.11 Å². The predicted molar refractivity (Wildman–Crippen MR) is 131 cm³/mol. The van der Waals surface area contributed by atoms with E-state index in [0.29, 0.717) is 41.0 Å². The number of aromatic nitrogens is 2. The van der Waals surface area contributed by atoms with Crippen molar-refractivity contribution in [1.82, 2.24) is 15.2 Å². The molecular weight excluding hydrogens is 432 g/mol. The number of ether oxygens (including phenoxy) is 2. The summed E-state index contributed by atoms with van der Waals surface area (Å²) in [6.07, 6.45) is 1.50. The fourth-order valence-electron chi connectivity index (χ4n) is 3.46. The summed E-state index contributed by atoms with van der Waals surface area (Å²) in [5.74, 6) is 0.641. The normalized spacial score (nSPS) is 11.0. The number of fused-ring (bicyclic) bond motifs is 1. The molecule has 0 atom stereocenters. The van der Waals surface area contributed by atoms with E-state index >= 15 is 0 Å². The number of carbonyl (C=O) groups is 1. The minimum atomic E-state index is -0.510. The van der Waals surface area contributed by atoms with Crippen LogP contribution in [0, 0.1) is 0 Å². The van der Waals surface area contributed by atoms with Gasteiger partial charge in [-0.2, -0.15) is 10.2 Å². The first-order valence-corrected chi connectivity index (χ1v) is 10.8. The Kier molecular flexibility index (Phi) is 6.98. The van der Waals surface area contributed by atoms with Gasteiger partial charge in [0.15, 0.2) is 17.2 Å². The molecule has 0 saturated carbocycles. The van der Waals surface area contributed by atoms with Crippen LogP contribution in [0.3, 0.4) is 0 Å². The van der Waals surface area contributed by atoms with Crippen LogP contribution in [0.25, 0.3) is 10.8 Å². The number of methoxy groups -OCH3 is 1. The number of amides is 1. The van der Waals surface area contributed by atoms with Crippen LogP contribution >= 0.6 is 0 Å². The lowest BCUT2D eigenvalue weighted by molar-refractivity contribution is 0.0949. The third-order valence-electron chi connectivity index (χ3n) is 5.19. The molecule has 172 valence electrons. The molecule has 0 fully saturated rings. The molecule has 3 aromatic carbocycles. The van der Waals surface area contributed by atoms with Crippen LogP contribution in [0.5, 0.6) is 11.5 Å². The number of hydrazone groups is 1. The molecule has 1 aromatic heterocycles. The zero-order valence-electron chi connectivity index (χ0n) is 18.9. The molecule has 4 aromatic rings. The molecule has 0 radical (unpaired) electrons. The fraction of sp³-hybridized carbons (Fsp3) is 0.154. The average Bonchev–Trinajstić information content (AvgIpc) is 2.88. The van der Waals surface area contributed by atoms with Crippen molar-refractivity contribution in [2.24, 2.45) is 5.10 Å². The molecule has 0 unspecified atom stereocenters. The molecule has 0 bridgehead atoms. The van der Waals surface area contributed by atoms with E-state index in [1.807, 2.05) is 30.3 Å². The number of carbonyl (C=O) groups excluding carboxylic acids is 1. The molecule has 0 aliphatic rings. The number of hydrogen-bond acceptors (Lipinski definition) is 6. The number of benzene rings is 3. The highest BCUT2D eigenvalue weighted by molar-refractivity contribution is 6.05. The van der Waals surface area contributed by atoms with Gasteiger partial charge in [-0.15, -0.1) is 0 Å². The largest absolute Gasteiger partial charge is 0.493 e. The number of aryl methyl sites for hydroxylation is 1. The van der Waals surface area contributed by atoms with Crippen molar-refractivity contribution in [3.05, 3.63) is 100.0 Å². The first-order chi connectivity index (χ1) is 16.6. The van der Waals surface area contributed by atoms with Crippen LogP contribution in [0.2, 0.25) is 0 Å². The maximum Gasteiger partial charge on any atom is 0.292 e. The van der Waals surface area contributed by atoms with Crippen molar-refractivity contribution in [3.63, 3.8) is 0 Å². The van der Waals surface area contributed by atoms with Crippen LogP contribution < -0.4 is 20.5 Å². The lowest BCUT2D eigenvalue weighted by Gasteiger charge is -2.11. The van der Waals surface area contributed by atoms with E-state index in [9.17, 15) is 9.59 Å². The lowest BCUT2D eigenvalue weighted by Crippen LogP contribution is -2.28. The summed E-state index contributed by atoms with van der Waals surface area (Å²) in [5, 5.41) is 9.20. The summed E-state index contributed by atoms with van der Waals surface area (Å²) < 4.78 is 12.6. The van der Waals surface area contributed by atoms with E-state index in [1.165, 1.54) is 10.9 Å². The topological polar surface area (TPSA) is 94.8 Å². The molecule has 0 aliphatic heterocycles. The zero-order valence-corrected chi connectivity index (χ0v) is 18.9. The molecule has 34 heavy (non-hydrogen) atoms. The summed E-state index contributed by atoms with van der Waals surface area (Å²) in [4.78, 5) is 25.3. The van der Waals surface area contributed by atoms with Crippen LogP contribution in [-0.4, -0.2) is 29.0 Å². The van der Waals surface area contributed by atoms with Gasteiger partial charge in [0, 0.05) is 11.9 Å². The van der Waals surface area contributed by atoms with E-state index in [2.05, 4.69) is 15.6 Å². The third-order valence-corrected chi connectivity index (χ3v) is 5.19. The van der Waals surface area contributed by atoms with E-state index in [-0.39, 0.29) is 11.3 Å². The van der Waals surface area contributed by atoms with Gasteiger partial charge in [0.1, 0.15) is 6.61 Å². The van der Waals surface area contributed by atoms with E-state index in [1.54, 1.807) is 56.5 Å². The van der Waals surface area contributed by atoms with Gasteiger partial charge in [0.25, 0.3) is 11.5 Å². The maximum absolute atomic E-state index is 12.8. The van der Waals surface area contributed by atoms with Gasteiger partial charge in [0.2, 0.25) is 0 Å². The minimum absolute atomic E-state index is 0.135. The van der Waals surface area contributed by atoms with Gasteiger partial charge < -0.3 is 9.47 Å². The Morgan fingerprint density at radius 1 is 1.03 bits per heavy atom. The highest BCUT2D eigenvalue weighted by atomic mass is 16.5. The van der Waals surface area contributed by atoms with Crippen LogP contribution in [0.1, 0.15) is 28.5 Å². The van der Waals surface area contributed by atoms with Crippen LogP contribution in [-0.2, 0) is 13.2 Å². The van der Waals surface area contributed by atoms with Crippen molar-refractivity contribution >= 4 is 22.9 Å². The second-order valence-corrected chi connectivity index (χ2v) is 7.40. The number of hydrogen-bond donors (Lipinski definition) is 1. The van der Waals surface area contributed by atoms with Crippen molar-refractivity contribution < 1.29 is 14.3 Å². The predicted octanol–water partition coefficient (Wildman–Crippen LogP) is 3.77. The Hall–Kier alpha value is -4.46. The minimum Gasteiger partial charge on any atom is -0.493 e. The van der Waals surface area contributed by atoms with Gasteiger partial charge in [-0.1, -0.05) is 48.5 Å². The highest BCUT2D eigenvalue weighted by Crippen LogP contribution is 2.28. The summed E-state index contributed by atoms with van der Waals surface area (Å²) in [5.41, 5.74) is 4.14. The van der Waals surface area contributed by atoms with E-state index < -0.39 is 5.91 Å². The standard InChI is InChI=1S/C26H24N4O4/c1-3-30-26(32)21-12-8-7-11-20(21)24(29-30)25(31)28-27-16-19-13-14-22(33-2)23(15-19)34-17-18-9-5-4-6-10-18/h4-16H,3,17H2,1-2H3,(H,28,31)/b27-16+. The van der Waals surface area contributed by atoms with Crippen LogP contribution in [0.15, 0.2) is 82.7 Å². The van der Waals surface area contributed by atoms with Gasteiger partial charge in [0.05, 0.1) is 18.7 Å². The third kappa shape index (κ3) is 4.96. The molecule has 1 amide bonds. The summed E-state index contributed by atoms with van der Waals surface area (Å²) >= 11 is 0. The Balaban J connectivity index is 1.52. The summed E-state index contributed by atoms with van der Waals surface area (Å²) in [6, 6.07) is 22.1. The van der Waals surface area contributed by atoms with E-state index in [0.717, 1.165) is 5.56 Å². The van der Waals surface area contributed by atoms with Gasteiger partial charge in [-0.3, -0.25) is 9.59 Å². The first kappa shape index (κ1) is 22.7. The second-order valence-electron chi connectivity index (χ2n) is 7.40. The van der Waals surface area contributed by atoms with Crippen molar-refractivity contribution in [1.29, 1.82) is 0 Å². The lowest BCUT2D eigenvalue weighted by atomic mass is 10.1. The molecule has 1 N–H and O–H groups in total. The SMILES string of the molecule is CCn1nc(C(=O)N/N=C/c2ccc(OC)c(OCc3ccccc3)c2)c2ccccc2c1=O. The smallest absolute Gasteiger partial charge is 0.292 e. The maximum atomic E-state index is 12.8. The average molecular weight is 457 g/mol. The molecule has 0 spiro atoms. The second kappa shape index (κ2) is 10.4. The van der Waals surface area contributed by atoms with Gasteiger partial charge in [-0.25, -0.2) is 10.1 Å². The zero-order chi connectivity index (χ0) is 23.9. The van der Waals surface area contributed by atoms with Crippen LogP contribution in [0.4, 0.5) is 0 Å². The molecule has 0 saturated heterocycles. The Labute approximate surface area is 196 Å². The molecule has 4 rings (SSSR count). The summed E-state index contributed by atoms with van der Waals surface area (Å²) in [6.45, 7) is 2.54. The summed E-state index contributed by atoms with van der Waals surface area (Å²) in [7, 11) is 1.58. The molecular formula is C26H24N4O4. The quantitative estimate of drug-likeness (QED) is 0.322. The van der Waals surface area contributed by atoms with Gasteiger partial charge in [-0.05, 0) is 42.3 Å². The molecule has 8 nitrogen and oxygen atoms in total. The number of nitrogens with zero attached hydrogens (tertiary/aromatic N) is 3. The number of rotatable bonds is 8. The van der Waals surface area contributed by atoms with E-state index in [4.69, 9.17) is 9.47 Å². The molecule has 0 aliphatic carbocycles. The molecule has 8 heteroatoms. The van der Waals surface area contributed by atoms with Crippen molar-refractivity contribution in [3.8, 4) is 11.5 Å².